The van der Waals surface area contributed by atoms with Gasteiger partial charge in [-0.3, -0.25) is 4.79 Å². The summed E-state index contributed by atoms with van der Waals surface area (Å²) in [5.41, 5.74) is -0.714. The molecule has 1 aliphatic carbocycles. The molecule has 92 valence electrons. The normalized spacial score (nSPS) is 17.1. The van der Waals surface area contributed by atoms with Crippen LogP contribution in [0.15, 0.2) is 0 Å². The molecule has 1 aliphatic rings. The Kier molecular flexibility index (Phi) is 4.15. The van der Waals surface area contributed by atoms with Gasteiger partial charge in [0.2, 0.25) is 0 Å². The van der Waals surface area contributed by atoms with Gasteiger partial charge in [0.05, 0.1) is 6.42 Å². The van der Waals surface area contributed by atoms with Crippen molar-refractivity contribution in [2.45, 2.75) is 57.5 Å². The average Bonchev–Trinajstić information content (AvgIpc) is 2.51. The molecule has 0 heterocycles. The highest BCUT2D eigenvalue weighted by atomic mass is 16.4. The molecule has 16 heavy (non-hydrogen) atoms. The van der Waals surface area contributed by atoms with E-state index < -0.39 is 11.5 Å². The first-order valence-electron chi connectivity index (χ1n) is 5.69. The van der Waals surface area contributed by atoms with Crippen molar-refractivity contribution >= 4 is 12.0 Å². The van der Waals surface area contributed by atoms with E-state index in [0.29, 0.717) is 0 Å². The summed E-state index contributed by atoms with van der Waals surface area (Å²) >= 11 is 0. The van der Waals surface area contributed by atoms with E-state index in [4.69, 9.17) is 5.11 Å². The predicted octanol–water partition coefficient (Wildman–Crippen LogP) is 1.48. The molecule has 0 bridgehead atoms. The molecule has 0 aromatic carbocycles. The van der Waals surface area contributed by atoms with Crippen molar-refractivity contribution in [2.75, 3.05) is 0 Å². The molecule has 0 saturated heterocycles. The van der Waals surface area contributed by atoms with Gasteiger partial charge < -0.3 is 15.7 Å². The van der Waals surface area contributed by atoms with Crippen LogP contribution in [0.3, 0.4) is 0 Å². The second kappa shape index (κ2) is 5.18. The van der Waals surface area contributed by atoms with Gasteiger partial charge in [0.25, 0.3) is 0 Å². The Hall–Kier alpha value is -1.26. The number of hydrogen-bond acceptors (Lipinski definition) is 2. The third-order valence-electron chi connectivity index (χ3n) is 2.74. The first kappa shape index (κ1) is 12.8. The fourth-order valence-corrected chi connectivity index (χ4v) is 2.02. The molecule has 0 aromatic rings. The van der Waals surface area contributed by atoms with Crippen LogP contribution in [0, 0.1) is 0 Å². The van der Waals surface area contributed by atoms with Crippen molar-refractivity contribution in [1.82, 2.24) is 10.6 Å². The lowest BCUT2D eigenvalue weighted by Crippen LogP contribution is -2.51. The van der Waals surface area contributed by atoms with Crippen LogP contribution in [0.2, 0.25) is 0 Å². The van der Waals surface area contributed by atoms with Crippen LogP contribution in [-0.4, -0.2) is 28.7 Å². The predicted molar refractivity (Wildman–Crippen MR) is 60.3 cm³/mol. The Morgan fingerprint density at radius 2 is 1.88 bits per heavy atom. The summed E-state index contributed by atoms with van der Waals surface area (Å²) in [6.45, 7) is 3.41. The largest absolute Gasteiger partial charge is 0.481 e. The summed E-state index contributed by atoms with van der Waals surface area (Å²) < 4.78 is 0. The van der Waals surface area contributed by atoms with Gasteiger partial charge in [-0.05, 0) is 26.7 Å². The van der Waals surface area contributed by atoms with Crippen molar-refractivity contribution in [3.05, 3.63) is 0 Å². The highest BCUT2D eigenvalue weighted by Gasteiger charge is 2.25. The number of aliphatic carboxylic acids is 1. The van der Waals surface area contributed by atoms with Gasteiger partial charge in [-0.15, -0.1) is 0 Å². The molecule has 2 amide bonds. The molecule has 3 N–H and O–H groups in total. The Morgan fingerprint density at radius 3 is 2.38 bits per heavy atom. The summed E-state index contributed by atoms with van der Waals surface area (Å²) in [5.74, 6) is -0.911. The lowest BCUT2D eigenvalue weighted by Gasteiger charge is -2.25. The van der Waals surface area contributed by atoms with E-state index in [-0.39, 0.29) is 18.5 Å². The molecule has 1 rings (SSSR count). The Balaban J connectivity index is 2.34. The van der Waals surface area contributed by atoms with Gasteiger partial charge in [0.1, 0.15) is 0 Å². The number of carboxylic acid groups (broad SMARTS) is 1. The highest BCUT2D eigenvalue weighted by molar-refractivity contribution is 5.76. The molecule has 0 radical (unpaired) electrons. The molecule has 5 heteroatoms. The molecule has 5 nitrogen and oxygen atoms in total. The van der Waals surface area contributed by atoms with Crippen LogP contribution in [-0.2, 0) is 4.79 Å². The monoisotopic (exact) mass is 228 g/mol. The molecule has 1 fully saturated rings. The van der Waals surface area contributed by atoms with E-state index in [1.165, 1.54) is 0 Å². The number of rotatable bonds is 4. The third-order valence-corrected chi connectivity index (χ3v) is 2.74. The zero-order chi connectivity index (χ0) is 12.2. The summed E-state index contributed by atoms with van der Waals surface area (Å²) in [4.78, 5) is 22.2. The van der Waals surface area contributed by atoms with Gasteiger partial charge >= 0.3 is 12.0 Å². The van der Waals surface area contributed by atoms with Crippen LogP contribution in [0.5, 0.6) is 0 Å². The molecule has 1 saturated carbocycles. The molecule has 0 aromatic heterocycles. The molecule has 0 aliphatic heterocycles. The molecular weight excluding hydrogens is 208 g/mol. The maximum atomic E-state index is 11.6. The number of hydrogen-bond donors (Lipinski definition) is 3. The number of carboxylic acids is 1. The lowest BCUT2D eigenvalue weighted by atomic mass is 10.0. The molecule has 0 unspecified atom stereocenters. The number of amides is 2. The number of carbonyl (C=O) groups is 2. The molecular formula is C11H20N2O3. The molecule has 0 spiro atoms. The zero-order valence-electron chi connectivity index (χ0n) is 9.88. The topological polar surface area (TPSA) is 78.4 Å². The molecule has 0 atom stereocenters. The van der Waals surface area contributed by atoms with E-state index in [2.05, 4.69) is 10.6 Å². The van der Waals surface area contributed by atoms with Gasteiger partial charge in [-0.25, -0.2) is 4.79 Å². The quantitative estimate of drug-likeness (QED) is 0.682. The summed E-state index contributed by atoms with van der Waals surface area (Å²) in [6.07, 6.45) is 4.28. The van der Waals surface area contributed by atoms with Crippen molar-refractivity contribution < 1.29 is 14.7 Å². The SMILES string of the molecule is CC(C)(CC(=O)O)NC(=O)NC1CCCC1. The number of urea groups is 1. The van der Waals surface area contributed by atoms with E-state index in [1.54, 1.807) is 13.8 Å². The van der Waals surface area contributed by atoms with Crippen molar-refractivity contribution in [2.24, 2.45) is 0 Å². The van der Waals surface area contributed by atoms with Gasteiger partial charge in [-0.2, -0.15) is 0 Å². The van der Waals surface area contributed by atoms with Crippen LogP contribution >= 0.6 is 0 Å². The van der Waals surface area contributed by atoms with Crippen LogP contribution in [0.25, 0.3) is 0 Å². The minimum atomic E-state index is -0.911. The minimum Gasteiger partial charge on any atom is -0.481 e. The first-order valence-corrected chi connectivity index (χ1v) is 5.69. The standard InChI is InChI=1S/C11H20N2O3/c1-11(2,7-9(14)15)13-10(16)12-8-5-3-4-6-8/h8H,3-7H2,1-2H3,(H,14,15)(H2,12,13,16). The fourth-order valence-electron chi connectivity index (χ4n) is 2.02. The number of nitrogens with one attached hydrogen (secondary N) is 2. The van der Waals surface area contributed by atoms with Gasteiger partial charge in [-0.1, -0.05) is 12.8 Å². The van der Waals surface area contributed by atoms with E-state index in [1.807, 2.05) is 0 Å². The minimum absolute atomic E-state index is 0.0783. The van der Waals surface area contributed by atoms with E-state index >= 15 is 0 Å². The highest BCUT2D eigenvalue weighted by Crippen LogP contribution is 2.17. The van der Waals surface area contributed by atoms with Crippen LogP contribution in [0.4, 0.5) is 4.79 Å². The fraction of sp³-hybridized carbons (Fsp3) is 0.818. The average molecular weight is 228 g/mol. The Bertz CT molecular complexity index is 270. The second-order valence-electron chi connectivity index (χ2n) is 5.03. The Labute approximate surface area is 95.6 Å². The van der Waals surface area contributed by atoms with Crippen LogP contribution in [0.1, 0.15) is 46.0 Å². The second-order valence-corrected chi connectivity index (χ2v) is 5.03. The first-order chi connectivity index (χ1) is 7.39. The third kappa shape index (κ3) is 4.51. The summed E-state index contributed by atoms with van der Waals surface area (Å²) in [5, 5.41) is 14.2. The number of carbonyl (C=O) groups excluding carboxylic acids is 1. The van der Waals surface area contributed by atoms with Gasteiger partial charge in [0, 0.05) is 11.6 Å². The summed E-state index contributed by atoms with van der Waals surface area (Å²) in [7, 11) is 0. The van der Waals surface area contributed by atoms with Crippen LogP contribution < -0.4 is 10.6 Å². The maximum Gasteiger partial charge on any atom is 0.315 e. The van der Waals surface area contributed by atoms with Gasteiger partial charge in [0.15, 0.2) is 0 Å². The van der Waals surface area contributed by atoms with Crippen molar-refractivity contribution in [3.8, 4) is 0 Å². The van der Waals surface area contributed by atoms with Crippen molar-refractivity contribution in [3.63, 3.8) is 0 Å². The van der Waals surface area contributed by atoms with E-state index in [9.17, 15) is 9.59 Å². The van der Waals surface area contributed by atoms with E-state index in [0.717, 1.165) is 25.7 Å². The lowest BCUT2D eigenvalue weighted by molar-refractivity contribution is -0.138. The zero-order valence-corrected chi connectivity index (χ0v) is 9.88. The maximum absolute atomic E-state index is 11.6. The van der Waals surface area contributed by atoms with Crippen molar-refractivity contribution in [1.29, 1.82) is 0 Å². The smallest absolute Gasteiger partial charge is 0.315 e. The summed E-state index contributed by atoms with van der Waals surface area (Å²) in [6, 6.07) is -0.0150. The Morgan fingerprint density at radius 1 is 1.31 bits per heavy atom.